The van der Waals surface area contributed by atoms with E-state index >= 15 is 0 Å². The van der Waals surface area contributed by atoms with Crippen LogP contribution in [0.25, 0.3) is 0 Å². The molecule has 0 radical (unpaired) electrons. The fraction of sp³-hybridized carbons (Fsp3) is 0.440. The predicted molar refractivity (Wildman–Crippen MR) is 130 cm³/mol. The number of nitrogens with one attached hydrogen (secondary N) is 2. The molecule has 0 saturated heterocycles. The number of nitrogens with zero attached hydrogens (tertiary/aromatic N) is 2. The van der Waals surface area contributed by atoms with E-state index in [4.69, 9.17) is 9.47 Å². The molecule has 174 valence electrons. The van der Waals surface area contributed by atoms with Crippen molar-refractivity contribution >= 4 is 11.9 Å². The number of methoxy groups -OCH3 is 1. The predicted octanol–water partition coefficient (Wildman–Crippen LogP) is 3.70. The Hall–Kier alpha value is -3.22. The number of carbonyl (C=O) groups is 1. The van der Waals surface area contributed by atoms with Gasteiger partial charge in [0.05, 0.1) is 20.2 Å². The molecule has 32 heavy (non-hydrogen) atoms. The van der Waals surface area contributed by atoms with Gasteiger partial charge in [0.2, 0.25) is 0 Å². The molecule has 1 amide bonds. The minimum Gasteiger partial charge on any atom is -0.493 e. The van der Waals surface area contributed by atoms with Crippen molar-refractivity contribution in [3.05, 3.63) is 59.7 Å². The molecular formula is C25H36N4O3. The van der Waals surface area contributed by atoms with Crippen LogP contribution < -0.4 is 20.1 Å². The molecule has 7 heteroatoms. The van der Waals surface area contributed by atoms with E-state index in [9.17, 15) is 4.79 Å². The smallest absolute Gasteiger partial charge is 0.253 e. The molecule has 1 unspecified atom stereocenters. The third-order valence-electron chi connectivity index (χ3n) is 4.97. The van der Waals surface area contributed by atoms with Crippen molar-refractivity contribution in [3.63, 3.8) is 0 Å². The monoisotopic (exact) mass is 440 g/mol. The second-order valence-corrected chi connectivity index (χ2v) is 7.33. The maximum Gasteiger partial charge on any atom is 0.253 e. The van der Waals surface area contributed by atoms with Crippen LogP contribution >= 0.6 is 0 Å². The lowest BCUT2D eigenvalue weighted by Gasteiger charge is -2.19. The van der Waals surface area contributed by atoms with Crippen LogP contribution in [0.2, 0.25) is 0 Å². The lowest BCUT2D eigenvalue weighted by atomic mass is 10.1. The van der Waals surface area contributed by atoms with Crippen LogP contribution in [0.15, 0.2) is 53.5 Å². The summed E-state index contributed by atoms with van der Waals surface area (Å²) in [6, 6.07) is 15.3. The molecule has 2 N–H and O–H groups in total. The van der Waals surface area contributed by atoms with Crippen molar-refractivity contribution in [2.24, 2.45) is 4.99 Å². The molecule has 0 fully saturated rings. The van der Waals surface area contributed by atoms with Gasteiger partial charge in [-0.2, -0.15) is 0 Å². The number of carbonyl (C=O) groups excluding carboxylic acids is 1. The molecule has 0 bridgehead atoms. The van der Waals surface area contributed by atoms with Gasteiger partial charge in [-0.25, -0.2) is 4.99 Å². The zero-order chi connectivity index (χ0) is 23.3. The molecule has 7 nitrogen and oxygen atoms in total. The third-order valence-corrected chi connectivity index (χ3v) is 4.97. The summed E-state index contributed by atoms with van der Waals surface area (Å²) < 4.78 is 11.3. The van der Waals surface area contributed by atoms with Crippen molar-refractivity contribution in [1.29, 1.82) is 0 Å². The Bertz CT molecular complexity index is 864. The molecule has 0 aliphatic carbocycles. The molecule has 2 aromatic carbocycles. The highest BCUT2D eigenvalue weighted by atomic mass is 16.5. The first-order chi connectivity index (χ1) is 15.5. The molecular weight excluding hydrogens is 404 g/mol. The summed E-state index contributed by atoms with van der Waals surface area (Å²) in [5.74, 6) is 2.20. The summed E-state index contributed by atoms with van der Waals surface area (Å²) in [5, 5.41) is 6.57. The molecule has 0 saturated carbocycles. The first kappa shape index (κ1) is 25.0. The minimum absolute atomic E-state index is 0.0593. The number of amides is 1. The summed E-state index contributed by atoms with van der Waals surface area (Å²) >= 11 is 0. The maximum absolute atomic E-state index is 12.4. The van der Waals surface area contributed by atoms with Gasteiger partial charge in [0, 0.05) is 25.2 Å². The first-order valence-corrected chi connectivity index (χ1v) is 11.2. The minimum atomic E-state index is -0.0828. The van der Waals surface area contributed by atoms with E-state index < -0.39 is 0 Å². The van der Waals surface area contributed by atoms with Crippen LogP contribution in [0, 0.1) is 0 Å². The fourth-order valence-corrected chi connectivity index (χ4v) is 3.17. The standard InChI is InChI=1S/C25H36N4O3/c1-6-26-25(27-17-19(4)32-23-12-10-9-11-22(23)31-5)28-18-20-13-15-21(16-14-20)24(30)29(7-2)8-3/h9-16,19H,6-8,17-18H2,1-5H3,(H2,26,27,28). The van der Waals surface area contributed by atoms with Gasteiger partial charge in [0.1, 0.15) is 6.10 Å². The van der Waals surface area contributed by atoms with E-state index in [1.807, 2.05) is 81.1 Å². The van der Waals surface area contributed by atoms with Crippen molar-refractivity contribution < 1.29 is 14.3 Å². The van der Waals surface area contributed by atoms with Crippen molar-refractivity contribution in [2.75, 3.05) is 33.3 Å². The van der Waals surface area contributed by atoms with Gasteiger partial charge in [0.25, 0.3) is 5.91 Å². The Labute approximate surface area is 191 Å². The van der Waals surface area contributed by atoms with Gasteiger partial charge in [-0.1, -0.05) is 24.3 Å². The van der Waals surface area contributed by atoms with Gasteiger partial charge in [-0.15, -0.1) is 0 Å². The van der Waals surface area contributed by atoms with E-state index in [0.29, 0.717) is 49.2 Å². The van der Waals surface area contributed by atoms with Gasteiger partial charge in [-0.05, 0) is 57.5 Å². The fourth-order valence-electron chi connectivity index (χ4n) is 3.17. The number of hydrogen-bond acceptors (Lipinski definition) is 4. The molecule has 2 aromatic rings. The van der Waals surface area contributed by atoms with Crippen LogP contribution in [0.1, 0.15) is 43.6 Å². The molecule has 1 atom stereocenters. The number of guanidine groups is 1. The van der Waals surface area contributed by atoms with Gasteiger partial charge >= 0.3 is 0 Å². The summed E-state index contributed by atoms with van der Waals surface area (Å²) in [6.45, 7) is 11.3. The van der Waals surface area contributed by atoms with Crippen molar-refractivity contribution in [2.45, 2.75) is 40.3 Å². The average molecular weight is 441 g/mol. The lowest BCUT2D eigenvalue weighted by Crippen LogP contribution is -2.41. The van der Waals surface area contributed by atoms with E-state index in [-0.39, 0.29) is 12.0 Å². The molecule has 0 aromatic heterocycles. The quantitative estimate of drug-likeness (QED) is 0.412. The highest BCUT2D eigenvalue weighted by molar-refractivity contribution is 5.94. The van der Waals surface area contributed by atoms with E-state index in [1.165, 1.54) is 0 Å². The van der Waals surface area contributed by atoms with Crippen LogP contribution in [0.3, 0.4) is 0 Å². The molecule has 2 rings (SSSR count). The van der Waals surface area contributed by atoms with Crippen LogP contribution in [-0.4, -0.2) is 56.2 Å². The summed E-state index contributed by atoms with van der Waals surface area (Å²) in [6.07, 6.45) is -0.0828. The van der Waals surface area contributed by atoms with Crippen LogP contribution in [-0.2, 0) is 6.54 Å². The summed E-state index contributed by atoms with van der Waals surface area (Å²) in [4.78, 5) is 18.9. The maximum atomic E-state index is 12.4. The highest BCUT2D eigenvalue weighted by Gasteiger charge is 2.12. The Balaban J connectivity index is 1.94. The lowest BCUT2D eigenvalue weighted by molar-refractivity contribution is 0.0773. The van der Waals surface area contributed by atoms with E-state index in [1.54, 1.807) is 7.11 Å². The highest BCUT2D eigenvalue weighted by Crippen LogP contribution is 2.26. The van der Waals surface area contributed by atoms with E-state index in [2.05, 4.69) is 15.6 Å². The largest absolute Gasteiger partial charge is 0.493 e. The third kappa shape index (κ3) is 7.48. The molecule has 0 aliphatic heterocycles. The molecule has 0 aliphatic rings. The van der Waals surface area contributed by atoms with Crippen LogP contribution in [0.5, 0.6) is 11.5 Å². The van der Waals surface area contributed by atoms with Crippen molar-refractivity contribution in [1.82, 2.24) is 15.5 Å². The number of ether oxygens (including phenoxy) is 2. The number of benzene rings is 2. The van der Waals surface area contributed by atoms with Gasteiger partial charge < -0.3 is 25.0 Å². The average Bonchev–Trinajstić information content (AvgIpc) is 2.82. The summed E-state index contributed by atoms with van der Waals surface area (Å²) in [5.41, 5.74) is 1.74. The van der Waals surface area contributed by atoms with Crippen LogP contribution in [0.4, 0.5) is 0 Å². The zero-order valence-electron chi connectivity index (χ0n) is 19.9. The zero-order valence-corrected chi connectivity index (χ0v) is 19.9. The number of aliphatic imine (C=N–C) groups is 1. The Morgan fingerprint density at radius 3 is 2.25 bits per heavy atom. The number of rotatable bonds is 11. The number of para-hydroxylation sites is 2. The molecule has 0 heterocycles. The Morgan fingerprint density at radius 1 is 1.00 bits per heavy atom. The Morgan fingerprint density at radius 2 is 1.66 bits per heavy atom. The molecule has 0 spiro atoms. The summed E-state index contributed by atoms with van der Waals surface area (Å²) in [7, 11) is 1.63. The first-order valence-electron chi connectivity index (χ1n) is 11.2. The normalized spacial score (nSPS) is 12.1. The SMILES string of the molecule is CCNC(=NCc1ccc(C(=O)N(CC)CC)cc1)NCC(C)Oc1ccccc1OC. The van der Waals surface area contributed by atoms with Gasteiger partial charge in [-0.3, -0.25) is 4.79 Å². The topological polar surface area (TPSA) is 75.2 Å². The van der Waals surface area contributed by atoms with E-state index in [0.717, 1.165) is 12.1 Å². The Kier molecular flexibility index (Phi) is 10.4. The van der Waals surface area contributed by atoms with Gasteiger partial charge in [0.15, 0.2) is 17.5 Å². The second kappa shape index (κ2) is 13.2. The van der Waals surface area contributed by atoms with Crippen molar-refractivity contribution in [3.8, 4) is 11.5 Å². The second-order valence-electron chi connectivity index (χ2n) is 7.33. The number of hydrogen-bond donors (Lipinski definition) is 2.